The average Bonchev–Trinajstić information content (AvgIpc) is 3.73. The van der Waals surface area contributed by atoms with Gasteiger partial charge in [0.05, 0.1) is 24.0 Å². The molecule has 1 aromatic carbocycles. The average molecular weight is 533 g/mol. The molecular formula is C30H40N6O3. The van der Waals surface area contributed by atoms with Gasteiger partial charge in [-0.1, -0.05) is 38.3 Å². The first kappa shape index (κ1) is 26.2. The van der Waals surface area contributed by atoms with Crippen LogP contribution in [-0.4, -0.2) is 71.4 Å². The molecule has 2 aliphatic carbocycles. The van der Waals surface area contributed by atoms with E-state index in [1.807, 2.05) is 17.0 Å². The van der Waals surface area contributed by atoms with Gasteiger partial charge in [-0.25, -0.2) is 9.67 Å². The molecule has 1 amide bonds. The highest BCUT2D eigenvalue weighted by molar-refractivity contribution is 5.81. The molecule has 0 radical (unpaired) electrons. The minimum atomic E-state index is -1.03. The highest BCUT2D eigenvalue weighted by Crippen LogP contribution is 2.33. The van der Waals surface area contributed by atoms with Crippen molar-refractivity contribution in [3.8, 4) is 5.69 Å². The highest BCUT2D eigenvalue weighted by atomic mass is 16.3. The maximum atomic E-state index is 13.3. The van der Waals surface area contributed by atoms with Gasteiger partial charge >= 0.3 is 0 Å². The van der Waals surface area contributed by atoms with Gasteiger partial charge in [-0.2, -0.15) is 5.10 Å². The van der Waals surface area contributed by atoms with Crippen LogP contribution < -0.4 is 5.56 Å². The molecule has 208 valence electrons. The number of aromatic nitrogens is 4. The van der Waals surface area contributed by atoms with Crippen LogP contribution >= 0.6 is 0 Å². The van der Waals surface area contributed by atoms with Gasteiger partial charge in [0.2, 0.25) is 5.91 Å². The van der Waals surface area contributed by atoms with Crippen molar-refractivity contribution in [1.29, 1.82) is 0 Å². The maximum absolute atomic E-state index is 13.3. The van der Waals surface area contributed by atoms with Crippen molar-refractivity contribution in [1.82, 2.24) is 29.1 Å². The largest absolute Gasteiger partial charge is 0.388 e. The van der Waals surface area contributed by atoms with E-state index in [1.165, 1.54) is 48.6 Å². The molecule has 0 bridgehead atoms. The van der Waals surface area contributed by atoms with Crippen LogP contribution in [0.4, 0.5) is 0 Å². The van der Waals surface area contributed by atoms with Gasteiger partial charge < -0.3 is 10.0 Å². The van der Waals surface area contributed by atoms with Crippen molar-refractivity contribution < 1.29 is 9.90 Å². The van der Waals surface area contributed by atoms with E-state index < -0.39 is 5.60 Å². The first-order chi connectivity index (χ1) is 18.9. The number of hydrogen-bond donors (Lipinski definition) is 1. The minimum Gasteiger partial charge on any atom is -0.388 e. The Bertz CT molecular complexity index is 1360. The smallest absolute Gasteiger partial charge is 0.264 e. The van der Waals surface area contributed by atoms with E-state index in [-0.39, 0.29) is 23.9 Å². The summed E-state index contributed by atoms with van der Waals surface area (Å²) in [5.41, 5.74) is 1.41. The number of rotatable bonds is 8. The number of likely N-dealkylation sites (tertiary alicyclic amines) is 1. The zero-order valence-electron chi connectivity index (χ0n) is 23.0. The minimum absolute atomic E-state index is 0.162. The molecule has 0 unspecified atom stereocenters. The van der Waals surface area contributed by atoms with E-state index in [0.29, 0.717) is 43.0 Å². The topological polar surface area (TPSA) is 96.5 Å². The van der Waals surface area contributed by atoms with Crippen molar-refractivity contribution in [2.75, 3.05) is 19.6 Å². The summed E-state index contributed by atoms with van der Waals surface area (Å²) in [6.45, 7) is 5.46. The van der Waals surface area contributed by atoms with E-state index in [0.717, 1.165) is 31.6 Å². The Kier molecular flexibility index (Phi) is 7.29. The lowest BCUT2D eigenvalue weighted by Crippen LogP contribution is -2.50. The summed E-state index contributed by atoms with van der Waals surface area (Å²) in [5, 5.41) is 16.1. The molecule has 3 heterocycles. The van der Waals surface area contributed by atoms with Crippen LogP contribution in [-0.2, 0) is 17.9 Å². The summed E-state index contributed by atoms with van der Waals surface area (Å²) in [4.78, 5) is 34.7. The Balaban J connectivity index is 1.14. The molecule has 6 rings (SSSR count). The van der Waals surface area contributed by atoms with Crippen LogP contribution in [0, 0.1) is 5.92 Å². The molecule has 39 heavy (non-hydrogen) atoms. The van der Waals surface area contributed by atoms with Gasteiger partial charge in [0.1, 0.15) is 11.7 Å². The van der Waals surface area contributed by atoms with Crippen LogP contribution in [0.25, 0.3) is 16.7 Å². The number of carbonyl (C=O) groups excluding carboxylic acids is 1. The molecule has 0 spiro atoms. The molecule has 1 saturated heterocycles. The summed E-state index contributed by atoms with van der Waals surface area (Å²) in [5.74, 6) is 0.399. The summed E-state index contributed by atoms with van der Waals surface area (Å²) in [6, 6.07) is 9.06. The second-order valence-electron chi connectivity index (χ2n) is 11.8. The molecule has 0 atom stereocenters. The molecule has 3 aromatic rings. The first-order valence-electron chi connectivity index (χ1n) is 14.7. The lowest BCUT2D eigenvalue weighted by Gasteiger charge is -2.38. The molecule has 3 aliphatic rings. The number of carbonyl (C=O) groups is 1. The fourth-order valence-electron chi connectivity index (χ4n) is 6.38. The molecular weight excluding hydrogens is 492 g/mol. The van der Waals surface area contributed by atoms with Crippen molar-refractivity contribution >= 4 is 16.9 Å². The quantitative estimate of drug-likeness (QED) is 0.477. The zero-order chi connectivity index (χ0) is 27.0. The standard InChI is InChI=1S/C30H40N6O3/c1-2-33(24-6-4-3-5-7-24)19-22-8-12-25(13-9-22)36-27-26(18-32-36)29(38)35(21-31-27)20-30(39)14-16-34(17-15-30)28(37)23-10-11-23/h8-9,12-13,18,21,23-24,39H,2-7,10-11,14-17,19-20H2,1H3. The van der Waals surface area contributed by atoms with Crippen LogP contribution in [0.5, 0.6) is 0 Å². The molecule has 2 aromatic heterocycles. The zero-order valence-corrected chi connectivity index (χ0v) is 23.0. The number of aliphatic hydroxyl groups is 1. The van der Waals surface area contributed by atoms with Crippen LogP contribution in [0.15, 0.2) is 41.6 Å². The van der Waals surface area contributed by atoms with Gasteiger partial charge in [-0.3, -0.25) is 19.1 Å². The Hall–Kier alpha value is -3.04. The number of piperidine rings is 1. The van der Waals surface area contributed by atoms with Gasteiger partial charge in [-0.05, 0) is 62.8 Å². The van der Waals surface area contributed by atoms with E-state index in [1.54, 1.807) is 10.9 Å². The molecule has 1 N–H and O–H groups in total. The molecule has 9 heteroatoms. The number of amides is 1. The van der Waals surface area contributed by atoms with Crippen molar-refractivity contribution in [2.45, 2.75) is 89.4 Å². The third-order valence-electron chi connectivity index (χ3n) is 9.02. The Morgan fingerprint density at radius 1 is 1.08 bits per heavy atom. The fourth-order valence-corrected chi connectivity index (χ4v) is 6.38. The predicted octanol–water partition coefficient (Wildman–Crippen LogP) is 3.50. The van der Waals surface area contributed by atoms with Crippen LogP contribution in [0.3, 0.4) is 0 Å². The van der Waals surface area contributed by atoms with Gasteiger partial charge in [0.15, 0.2) is 5.65 Å². The number of nitrogens with zero attached hydrogens (tertiary/aromatic N) is 6. The number of hydrogen-bond acceptors (Lipinski definition) is 6. The lowest BCUT2D eigenvalue weighted by atomic mass is 9.91. The summed E-state index contributed by atoms with van der Waals surface area (Å²) in [7, 11) is 0. The molecule has 2 saturated carbocycles. The molecule has 9 nitrogen and oxygen atoms in total. The van der Waals surface area contributed by atoms with Crippen LogP contribution in [0.1, 0.15) is 70.3 Å². The fraction of sp³-hybridized carbons (Fsp3) is 0.600. The maximum Gasteiger partial charge on any atom is 0.264 e. The van der Waals surface area contributed by atoms with Gasteiger partial charge in [-0.15, -0.1) is 0 Å². The highest BCUT2D eigenvalue weighted by Gasteiger charge is 2.39. The second-order valence-corrected chi connectivity index (χ2v) is 11.8. The Morgan fingerprint density at radius 2 is 1.79 bits per heavy atom. The number of benzene rings is 1. The summed E-state index contributed by atoms with van der Waals surface area (Å²) >= 11 is 0. The van der Waals surface area contributed by atoms with Crippen molar-refractivity contribution in [3.63, 3.8) is 0 Å². The van der Waals surface area contributed by atoms with Crippen molar-refractivity contribution in [2.24, 2.45) is 5.92 Å². The molecule has 1 aliphatic heterocycles. The molecule has 3 fully saturated rings. The van der Waals surface area contributed by atoms with Gasteiger partial charge in [0.25, 0.3) is 5.56 Å². The number of fused-ring (bicyclic) bond motifs is 1. The van der Waals surface area contributed by atoms with Crippen LogP contribution in [0.2, 0.25) is 0 Å². The van der Waals surface area contributed by atoms with Gasteiger partial charge in [0, 0.05) is 31.6 Å². The second kappa shape index (κ2) is 10.8. The normalized spacial score (nSPS) is 20.1. The van der Waals surface area contributed by atoms with E-state index >= 15 is 0 Å². The van der Waals surface area contributed by atoms with E-state index in [4.69, 9.17) is 0 Å². The SMILES string of the molecule is CCN(Cc1ccc(-n2ncc3c(=O)n(CC4(O)CCN(C(=O)C5CC5)CC4)cnc32)cc1)C1CCCCC1. The van der Waals surface area contributed by atoms with E-state index in [9.17, 15) is 14.7 Å². The predicted molar refractivity (Wildman–Crippen MR) is 150 cm³/mol. The Morgan fingerprint density at radius 3 is 2.46 bits per heavy atom. The third-order valence-corrected chi connectivity index (χ3v) is 9.02. The first-order valence-corrected chi connectivity index (χ1v) is 14.7. The summed E-state index contributed by atoms with van der Waals surface area (Å²) < 4.78 is 3.20. The lowest BCUT2D eigenvalue weighted by molar-refractivity contribution is -0.137. The van der Waals surface area contributed by atoms with Crippen molar-refractivity contribution in [3.05, 3.63) is 52.7 Å². The monoisotopic (exact) mass is 532 g/mol. The third kappa shape index (κ3) is 5.52. The summed E-state index contributed by atoms with van der Waals surface area (Å²) in [6.07, 6.45) is 12.6. The Labute approximate surface area is 229 Å². The van der Waals surface area contributed by atoms with E-state index in [2.05, 4.69) is 34.0 Å².